The molecule has 0 unspecified atom stereocenters. The minimum atomic E-state index is -0.343. The second-order valence-corrected chi connectivity index (χ2v) is 5.97. The van der Waals surface area contributed by atoms with Crippen LogP contribution in [0, 0.1) is 5.92 Å². The Balaban J connectivity index is 2.18. The van der Waals surface area contributed by atoms with E-state index in [0.717, 1.165) is 12.0 Å². The summed E-state index contributed by atoms with van der Waals surface area (Å²) < 4.78 is 5.66. The molecular weight excluding hydrogens is 266 g/mol. The summed E-state index contributed by atoms with van der Waals surface area (Å²) in [6, 6.07) is 9.65. The molecule has 0 saturated carbocycles. The van der Waals surface area contributed by atoms with E-state index >= 15 is 0 Å². The number of carbonyl (C=O) groups is 1. The summed E-state index contributed by atoms with van der Waals surface area (Å²) in [4.78, 5) is 14.4. The van der Waals surface area contributed by atoms with Gasteiger partial charge in [0, 0.05) is 13.0 Å². The Hall–Kier alpha value is -1.39. The predicted octanol–water partition coefficient (Wildman–Crippen LogP) is 2.38. The van der Waals surface area contributed by atoms with Gasteiger partial charge in [-0.05, 0) is 17.9 Å². The summed E-state index contributed by atoms with van der Waals surface area (Å²) in [5, 5.41) is 9.58. The highest BCUT2D eigenvalue weighted by Crippen LogP contribution is 2.30. The van der Waals surface area contributed by atoms with Gasteiger partial charge in [0.25, 0.3) is 0 Å². The topological polar surface area (TPSA) is 49.8 Å². The molecule has 1 fully saturated rings. The molecule has 1 saturated heterocycles. The standard InChI is InChI=1S/C17H25NO3/c1-13(2)8-9-16(20)18-10-11-21-15(12-19)17(18)14-6-4-3-5-7-14/h3-7,13,15,17,19H,8-12H2,1-2H3/t15-,17-/m1/s1. The zero-order valence-corrected chi connectivity index (χ0v) is 12.9. The molecule has 1 aromatic rings. The summed E-state index contributed by atoms with van der Waals surface area (Å²) in [5.74, 6) is 0.665. The van der Waals surface area contributed by atoms with Crippen molar-refractivity contribution in [3.05, 3.63) is 35.9 Å². The summed E-state index contributed by atoms with van der Waals surface area (Å²) >= 11 is 0. The van der Waals surface area contributed by atoms with Crippen molar-refractivity contribution in [3.8, 4) is 0 Å². The van der Waals surface area contributed by atoms with E-state index in [1.165, 1.54) is 0 Å². The van der Waals surface area contributed by atoms with Gasteiger partial charge in [-0.15, -0.1) is 0 Å². The molecule has 2 atom stereocenters. The number of hydrogen-bond acceptors (Lipinski definition) is 3. The molecule has 0 spiro atoms. The van der Waals surface area contributed by atoms with Crippen molar-refractivity contribution in [2.45, 2.75) is 38.8 Å². The minimum absolute atomic E-state index is 0.0759. The molecule has 0 aliphatic carbocycles. The van der Waals surface area contributed by atoms with Gasteiger partial charge >= 0.3 is 0 Å². The first-order valence-corrected chi connectivity index (χ1v) is 7.70. The van der Waals surface area contributed by atoms with E-state index in [0.29, 0.717) is 25.5 Å². The first kappa shape index (κ1) is 16.0. The quantitative estimate of drug-likeness (QED) is 0.906. The fourth-order valence-electron chi connectivity index (χ4n) is 2.77. The van der Waals surface area contributed by atoms with Crippen LogP contribution in [0.2, 0.25) is 0 Å². The lowest BCUT2D eigenvalue weighted by Crippen LogP contribution is -2.49. The zero-order valence-electron chi connectivity index (χ0n) is 12.9. The van der Waals surface area contributed by atoms with Crippen LogP contribution in [-0.2, 0) is 9.53 Å². The molecule has 21 heavy (non-hydrogen) atoms. The molecule has 0 radical (unpaired) electrons. The monoisotopic (exact) mass is 291 g/mol. The number of benzene rings is 1. The molecule has 4 nitrogen and oxygen atoms in total. The number of hydrogen-bond donors (Lipinski definition) is 1. The predicted molar refractivity (Wildman–Crippen MR) is 81.8 cm³/mol. The number of amides is 1. The first-order chi connectivity index (χ1) is 10.1. The van der Waals surface area contributed by atoms with Crippen molar-refractivity contribution in [2.75, 3.05) is 19.8 Å². The molecule has 1 heterocycles. The molecule has 0 bridgehead atoms. The van der Waals surface area contributed by atoms with Crippen molar-refractivity contribution >= 4 is 5.91 Å². The van der Waals surface area contributed by atoms with Crippen LogP contribution in [0.5, 0.6) is 0 Å². The van der Waals surface area contributed by atoms with Crippen LogP contribution in [0.15, 0.2) is 30.3 Å². The Morgan fingerprint density at radius 3 is 2.71 bits per heavy atom. The van der Waals surface area contributed by atoms with Crippen LogP contribution >= 0.6 is 0 Å². The van der Waals surface area contributed by atoms with E-state index in [1.807, 2.05) is 35.2 Å². The van der Waals surface area contributed by atoms with Gasteiger partial charge < -0.3 is 14.7 Å². The second-order valence-electron chi connectivity index (χ2n) is 5.97. The summed E-state index contributed by atoms with van der Waals surface area (Å²) in [5.41, 5.74) is 1.02. The fourth-order valence-corrected chi connectivity index (χ4v) is 2.77. The fraction of sp³-hybridized carbons (Fsp3) is 0.588. The smallest absolute Gasteiger partial charge is 0.223 e. The average molecular weight is 291 g/mol. The van der Waals surface area contributed by atoms with E-state index in [4.69, 9.17) is 4.74 Å². The molecule has 0 aromatic heterocycles. The van der Waals surface area contributed by atoms with Crippen LogP contribution < -0.4 is 0 Å². The van der Waals surface area contributed by atoms with Gasteiger partial charge in [0.2, 0.25) is 5.91 Å². The first-order valence-electron chi connectivity index (χ1n) is 7.70. The third-order valence-corrected chi connectivity index (χ3v) is 3.93. The van der Waals surface area contributed by atoms with Gasteiger partial charge in [-0.3, -0.25) is 4.79 Å². The lowest BCUT2D eigenvalue weighted by atomic mass is 9.97. The Labute approximate surface area is 126 Å². The molecule has 4 heteroatoms. The Bertz CT molecular complexity index is 447. The van der Waals surface area contributed by atoms with Crippen molar-refractivity contribution in [2.24, 2.45) is 5.92 Å². The lowest BCUT2D eigenvalue weighted by Gasteiger charge is -2.41. The van der Waals surface area contributed by atoms with Crippen molar-refractivity contribution in [3.63, 3.8) is 0 Å². The Morgan fingerprint density at radius 2 is 2.10 bits per heavy atom. The van der Waals surface area contributed by atoms with Gasteiger partial charge in [-0.2, -0.15) is 0 Å². The van der Waals surface area contributed by atoms with Crippen molar-refractivity contribution < 1.29 is 14.6 Å². The Kier molecular flexibility index (Phi) is 5.76. The van der Waals surface area contributed by atoms with E-state index in [-0.39, 0.29) is 24.7 Å². The van der Waals surface area contributed by atoms with Gasteiger partial charge in [-0.1, -0.05) is 44.2 Å². The number of rotatable bonds is 5. The van der Waals surface area contributed by atoms with E-state index in [9.17, 15) is 9.90 Å². The maximum Gasteiger partial charge on any atom is 0.223 e. The summed E-state index contributed by atoms with van der Waals surface area (Å²) in [6.45, 7) is 5.25. The molecule has 1 aromatic carbocycles. The van der Waals surface area contributed by atoms with Gasteiger partial charge in [-0.25, -0.2) is 0 Å². The maximum absolute atomic E-state index is 12.5. The normalized spacial score (nSPS) is 22.6. The largest absolute Gasteiger partial charge is 0.394 e. The Morgan fingerprint density at radius 1 is 1.38 bits per heavy atom. The van der Waals surface area contributed by atoms with Crippen LogP contribution in [0.1, 0.15) is 38.3 Å². The van der Waals surface area contributed by atoms with Gasteiger partial charge in [0.15, 0.2) is 0 Å². The van der Waals surface area contributed by atoms with E-state index < -0.39 is 0 Å². The minimum Gasteiger partial charge on any atom is -0.394 e. The maximum atomic E-state index is 12.5. The lowest BCUT2D eigenvalue weighted by molar-refractivity contribution is -0.150. The highest BCUT2D eigenvalue weighted by Gasteiger charge is 2.35. The van der Waals surface area contributed by atoms with E-state index in [2.05, 4.69) is 13.8 Å². The van der Waals surface area contributed by atoms with Crippen molar-refractivity contribution in [1.29, 1.82) is 0 Å². The third-order valence-electron chi connectivity index (χ3n) is 3.93. The average Bonchev–Trinajstić information content (AvgIpc) is 2.52. The molecule has 2 rings (SSSR count). The van der Waals surface area contributed by atoms with Crippen LogP contribution in [0.4, 0.5) is 0 Å². The van der Waals surface area contributed by atoms with Crippen LogP contribution in [0.25, 0.3) is 0 Å². The van der Waals surface area contributed by atoms with Crippen LogP contribution in [0.3, 0.4) is 0 Å². The molecular formula is C17H25NO3. The summed E-state index contributed by atoms with van der Waals surface area (Å²) in [6.07, 6.45) is 1.10. The van der Waals surface area contributed by atoms with Crippen molar-refractivity contribution in [1.82, 2.24) is 4.90 Å². The van der Waals surface area contributed by atoms with E-state index in [1.54, 1.807) is 0 Å². The number of nitrogens with zero attached hydrogens (tertiary/aromatic N) is 1. The molecule has 1 N–H and O–H groups in total. The highest BCUT2D eigenvalue weighted by molar-refractivity contribution is 5.77. The van der Waals surface area contributed by atoms with Crippen LogP contribution in [-0.4, -0.2) is 41.8 Å². The van der Waals surface area contributed by atoms with Gasteiger partial charge in [0.05, 0.1) is 19.3 Å². The number of ether oxygens (including phenoxy) is 1. The second kappa shape index (κ2) is 7.57. The SMILES string of the molecule is CC(C)CCC(=O)N1CCO[C@H](CO)[C@H]1c1ccccc1. The van der Waals surface area contributed by atoms with Gasteiger partial charge in [0.1, 0.15) is 6.10 Å². The third kappa shape index (κ3) is 4.05. The zero-order chi connectivity index (χ0) is 15.2. The summed E-state index contributed by atoms with van der Waals surface area (Å²) in [7, 11) is 0. The molecule has 1 aliphatic rings. The number of carbonyl (C=O) groups excluding carboxylic acids is 1. The number of aliphatic hydroxyl groups is 1. The molecule has 116 valence electrons. The number of aliphatic hydroxyl groups excluding tert-OH is 1. The molecule has 1 aliphatic heterocycles. The number of morpholine rings is 1. The molecule has 1 amide bonds. The highest BCUT2D eigenvalue weighted by atomic mass is 16.5.